The monoisotopic (exact) mass is 191 g/mol. The normalized spacial score (nSPS) is 10.5. The molecule has 3 heteroatoms. The van der Waals surface area contributed by atoms with Crippen molar-refractivity contribution in [2.75, 3.05) is 5.73 Å². The number of nitrogens with two attached hydrogens (primary N) is 1. The highest BCUT2D eigenvalue weighted by Gasteiger charge is 2.07. The third-order valence-corrected chi connectivity index (χ3v) is 3.27. The molecule has 2 aromatic rings. The standard InChI is InChI=1S/C10H9NOS/c1-6-5-13-10-7(6)2-3-9(11)8(10)4-12/h2-5H,11H2,1H3. The van der Waals surface area contributed by atoms with E-state index in [1.165, 1.54) is 5.56 Å². The minimum Gasteiger partial charge on any atom is -0.398 e. The van der Waals surface area contributed by atoms with Crippen LogP contribution >= 0.6 is 11.3 Å². The number of anilines is 1. The van der Waals surface area contributed by atoms with Gasteiger partial charge >= 0.3 is 0 Å². The number of aryl methyl sites for hydroxylation is 1. The molecule has 0 aliphatic rings. The Bertz CT molecular complexity index is 473. The Kier molecular flexibility index (Phi) is 1.81. The van der Waals surface area contributed by atoms with E-state index in [9.17, 15) is 4.79 Å². The zero-order valence-corrected chi connectivity index (χ0v) is 8.02. The van der Waals surface area contributed by atoms with Gasteiger partial charge < -0.3 is 5.73 Å². The molecule has 2 nitrogen and oxygen atoms in total. The van der Waals surface area contributed by atoms with Crippen molar-refractivity contribution in [1.82, 2.24) is 0 Å². The molecule has 0 fully saturated rings. The highest BCUT2D eigenvalue weighted by Crippen LogP contribution is 2.30. The number of benzene rings is 1. The summed E-state index contributed by atoms with van der Waals surface area (Å²) < 4.78 is 0.993. The van der Waals surface area contributed by atoms with E-state index in [0.717, 1.165) is 16.4 Å². The van der Waals surface area contributed by atoms with Gasteiger partial charge in [0.15, 0.2) is 6.29 Å². The van der Waals surface area contributed by atoms with Crippen LogP contribution < -0.4 is 5.73 Å². The first kappa shape index (κ1) is 8.26. The van der Waals surface area contributed by atoms with Crippen LogP contribution in [0.4, 0.5) is 5.69 Å². The average Bonchev–Trinajstić information content (AvgIpc) is 2.48. The van der Waals surface area contributed by atoms with Gasteiger partial charge in [-0.3, -0.25) is 4.79 Å². The average molecular weight is 191 g/mol. The highest BCUT2D eigenvalue weighted by molar-refractivity contribution is 7.17. The summed E-state index contributed by atoms with van der Waals surface area (Å²) in [7, 11) is 0. The summed E-state index contributed by atoms with van der Waals surface area (Å²) in [6, 6.07) is 3.75. The van der Waals surface area contributed by atoms with Crippen molar-refractivity contribution in [2.45, 2.75) is 6.92 Å². The summed E-state index contributed by atoms with van der Waals surface area (Å²) in [5.74, 6) is 0. The highest BCUT2D eigenvalue weighted by atomic mass is 32.1. The number of carbonyl (C=O) groups is 1. The van der Waals surface area contributed by atoms with Gasteiger partial charge in [0.25, 0.3) is 0 Å². The summed E-state index contributed by atoms with van der Waals surface area (Å²) in [5, 5.41) is 3.16. The molecule has 0 spiro atoms. The predicted octanol–water partition coefficient (Wildman–Crippen LogP) is 2.60. The Morgan fingerprint density at radius 2 is 2.23 bits per heavy atom. The van der Waals surface area contributed by atoms with Crippen molar-refractivity contribution in [2.24, 2.45) is 0 Å². The van der Waals surface area contributed by atoms with Crippen LogP contribution in [-0.4, -0.2) is 6.29 Å². The van der Waals surface area contributed by atoms with Gasteiger partial charge in [0.05, 0.1) is 5.56 Å². The van der Waals surface area contributed by atoms with E-state index in [1.807, 2.05) is 18.4 Å². The minimum absolute atomic E-state index is 0.560. The second kappa shape index (κ2) is 2.85. The number of thiophene rings is 1. The van der Waals surface area contributed by atoms with E-state index < -0.39 is 0 Å². The first-order valence-corrected chi connectivity index (χ1v) is 4.83. The van der Waals surface area contributed by atoms with Crippen LogP contribution in [0.25, 0.3) is 10.1 Å². The van der Waals surface area contributed by atoms with Crippen LogP contribution in [-0.2, 0) is 0 Å². The largest absolute Gasteiger partial charge is 0.398 e. The molecule has 0 aliphatic heterocycles. The van der Waals surface area contributed by atoms with E-state index in [0.29, 0.717) is 11.3 Å². The Balaban J connectivity index is 2.92. The van der Waals surface area contributed by atoms with E-state index in [4.69, 9.17) is 5.73 Å². The van der Waals surface area contributed by atoms with Crippen LogP contribution in [0.5, 0.6) is 0 Å². The fraction of sp³-hybridized carbons (Fsp3) is 0.100. The summed E-state index contributed by atoms with van der Waals surface area (Å²) in [6.07, 6.45) is 0.827. The van der Waals surface area contributed by atoms with Crippen molar-refractivity contribution in [3.8, 4) is 0 Å². The Labute approximate surface area is 80.0 Å². The second-order valence-corrected chi connectivity index (χ2v) is 3.86. The molecule has 2 rings (SSSR count). The Morgan fingerprint density at radius 1 is 1.46 bits per heavy atom. The maximum absolute atomic E-state index is 10.8. The van der Waals surface area contributed by atoms with Crippen LogP contribution in [0.1, 0.15) is 15.9 Å². The molecule has 66 valence electrons. The number of hydrogen-bond donors (Lipinski definition) is 1. The number of rotatable bonds is 1. The summed E-state index contributed by atoms with van der Waals surface area (Å²) in [6.45, 7) is 2.03. The second-order valence-electron chi connectivity index (χ2n) is 2.98. The topological polar surface area (TPSA) is 43.1 Å². The summed E-state index contributed by atoms with van der Waals surface area (Å²) in [4.78, 5) is 10.8. The zero-order valence-electron chi connectivity index (χ0n) is 7.20. The first-order chi connectivity index (χ1) is 6.24. The van der Waals surface area contributed by atoms with Crippen molar-refractivity contribution in [3.05, 3.63) is 28.6 Å². The molecule has 0 bridgehead atoms. The predicted molar refractivity (Wildman–Crippen MR) is 56.4 cm³/mol. The van der Waals surface area contributed by atoms with Gasteiger partial charge in [0, 0.05) is 10.4 Å². The molecular formula is C10H9NOS. The number of nitrogen functional groups attached to an aromatic ring is 1. The number of carbonyl (C=O) groups excluding carboxylic acids is 1. The lowest BCUT2D eigenvalue weighted by Gasteiger charge is -1.99. The summed E-state index contributed by atoms with van der Waals surface area (Å²) >= 11 is 1.57. The number of hydrogen-bond acceptors (Lipinski definition) is 3. The van der Waals surface area contributed by atoms with Crippen LogP contribution in [0.3, 0.4) is 0 Å². The molecule has 0 amide bonds. The van der Waals surface area contributed by atoms with Gasteiger partial charge in [0.1, 0.15) is 0 Å². The minimum atomic E-state index is 0.560. The molecule has 0 saturated carbocycles. The van der Waals surface area contributed by atoms with Crippen molar-refractivity contribution >= 4 is 33.4 Å². The smallest absolute Gasteiger partial charge is 0.153 e. The fourth-order valence-electron chi connectivity index (χ4n) is 1.38. The van der Waals surface area contributed by atoms with Crippen LogP contribution in [0.15, 0.2) is 17.5 Å². The van der Waals surface area contributed by atoms with Gasteiger partial charge in [-0.2, -0.15) is 0 Å². The molecule has 1 aromatic heterocycles. The molecule has 1 heterocycles. The molecule has 0 unspecified atom stereocenters. The van der Waals surface area contributed by atoms with Gasteiger partial charge in [0.2, 0.25) is 0 Å². The zero-order chi connectivity index (χ0) is 9.42. The van der Waals surface area contributed by atoms with E-state index >= 15 is 0 Å². The number of fused-ring (bicyclic) bond motifs is 1. The molecule has 2 N–H and O–H groups in total. The molecule has 0 atom stereocenters. The molecule has 0 radical (unpaired) electrons. The quantitative estimate of drug-likeness (QED) is 0.556. The van der Waals surface area contributed by atoms with Gasteiger partial charge in [-0.15, -0.1) is 11.3 Å². The van der Waals surface area contributed by atoms with Crippen molar-refractivity contribution < 1.29 is 4.79 Å². The van der Waals surface area contributed by atoms with Crippen LogP contribution in [0, 0.1) is 6.92 Å². The Morgan fingerprint density at radius 3 is 2.92 bits per heavy atom. The maximum Gasteiger partial charge on any atom is 0.153 e. The third kappa shape index (κ3) is 1.12. The van der Waals surface area contributed by atoms with Crippen molar-refractivity contribution in [3.63, 3.8) is 0 Å². The van der Waals surface area contributed by atoms with Gasteiger partial charge in [-0.05, 0) is 29.3 Å². The van der Waals surface area contributed by atoms with Gasteiger partial charge in [-0.1, -0.05) is 6.07 Å². The van der Waals surface area contributed by atoms with E-state index in [2.05, 4.69) is 0 Å². The maximum atomic E-state index is 10.8. The van der Waals surface area contributed by atoms with E-state index in [-0.39, 0.29) is 0 Å². The lowest BCUT2D eigenvalue weighted by atomic mass is 10.1. The molecule has 13 heavy (non-hydrogen) atoms. The molecule has 0 aliphatic carbocycles. The van der Waals surface area contributed by atoms with Gasteiger partial charge in [-0.25, -0.2) is 0 Å². The Hall–Kier alpha value is -1.35. The molecular weight excluding hydrogens is 182 g/mol. The SMILES string of the molecule is Cc1csc2c(C=O)c(N)ccc12. The van der Waals surface area contributed by atoms with Crippen molar-refractivity contribution in [1.29, 1.82) is 0 Å². The number of aldehydes is 1. The lowest BCUT2D eigenvalue weighted by molar-refractivity contribution is 0.112. The van der Waals surface area contributed by atoms with E-state index in [1.54, 1.807) is 17.4 Å². The molecule has 1 aromatic carbocycles. The van der Waals surface area contributed by atoms with Crippen LogP contribution in [0.2, 0.25) is 0 Å². The fourth-order valence-corrected chi connectivity index (χ4v) is 2.46. The third-order valence-electron chi connectivity index (χ3n) is 2.13. The molecule has 0 saturated heterocycles. The summed E-state index contributed by atoms with van der Waals surface area (Å²) in [5.41, 5.74) is 8.06. The lowest BCUT2D eigenvalue weighted by Crippen LogP contribution is -1.91. The first-order valence-electron chi connectivity index (χ1n) is 3.95.